The van der Waals surface area contributed by atoms with Crippen molar-refractivity contribution in [2.24, 2.45) is 0 Å². The third-order valence-corrected chi connectivity index (χ3v) is 3.69. The van der Waals surface area contributed by atoms with Crippen LogP contribution in [0.2, 0.25) is 10.0 Å². The van der Waals surface area contributed by atoms with Gasteiger partial charge in [0.15, 0.2) is 0 Å². The third-order valence-electron chi connectivity index (χ3n) is 3.06. The number of amides is 1. The molecule has 0 aromatic heterocycles. The quantitative estimate of drug-likeness (QED) is 0.778. The summed E-state index contributed by atoms with van der Waals surface area (Å²) in [6.07, 6.45) is 0. The van der Waals surface area contributed by atoms with Crippen molar-refractivity contribution in [3.63, 3.8) is 0 Å². The van der Waals surface area contributed by atoms with Gasteiger partial charge in [-0.15, -0.1) is 0 Å². The first-order chi connectivity index (χ1) is 9.92. The number of hydrogen-bond donors (Lipinski definition) is 1. The minimum absolute atomic E-state index is 0.104. The van der Waals surface area contributed by atoms with E-state index < -0.39 is 0 Å². The molecule has 0 radical (unpaired) electrons. The van der Waals surface area contributed by atoms with Crippen LogP contribution in [-0.4, -0.2) is 50.8 Å². The number of hydrogen-bond acceptors (Lipinski definition) is 4. The van der Waals surface area contributed by atoms with Gasteiger partial charge in [0.2, 0.25) is 0 Å². The van der Waals surface area contributed by atoms with Gasteiger partial charge in [-0.1, -0.05) is 23.2 Å². The molecule has 0 aliphatic rings. The molecule has 0 aliphatic carbocycles. The highest BCUT2D eigenvalue weighted by molar-refractivity contribution is 6.39. The predicted molar refractivity (Wildman–Crippen MR) is 85.1 cm³/mol. The van der Waals surface area contributed by atoms with Gasteiger partial charge in [0, 0.05) is 26.3 Å². The summed E-state index contributed by atoms with van der Waals surface area (Å²) in [4.78, 5) is 14.3. The van der Waals surface area contributed by atoms with E-state index in [9.17, 15) is 4.79 Å². The summed E-state index contributed by atoms with van der Waals surface area (Å²) in [5.41, 5.74) is 6.34. The third kappa shape index (κ3) is 4.74. The summed E-state index contributed by atoms with van der Waals surface area (Å²) in [5.74, 6) is -0.194. The maximum Gasteiger partial charge on any atom is 0.254 e. The number of nitrogens with zero attached hydrogens (tertiary/aromatic N) is 1. The zero-order valence-corrected chi connectivity index (χ0v) is 13.9. The van der Waals surface area contributed by atoms with Gasteiger partial charge in [0.1, 0.15) is 0 Å². The van der Waals surface area contributed by atoms with Gasteiger partial charge in [0.25, 0.3) is 5.91 Å². The van der Waals surface area contributed by atoms with E-state index in [0.717, 1.165) is 0 Å². The molecule has 1 unspecified atom stereocenters. The van der Waals surface area contributed by atoms with Crippen LogP contribution in [0.5, 0.6) is 0 Å². The van der Waals surface area contributed by atoms with Crippen LogP contribution in [0.4, 0.5) is 5.69 Å². The van der Waals surface area contributed by atoms with Crippen LogP contribution in [0, 0.1) is 0 Å². The highest BCUT2D eigenvalue weighted by Crippen LogP contribution is 2.29. The maximum atomic E-state index is 12.6. The van der Waals surface area contributed by atoms with E-state index in [2.05, 4.69) is 0 Å². The lowest BCUT2D eigenvalue weighted by Gasteiger charge is -2.29. The second kappa shape index (κ2) is 8.44. The van der Waals surface area contributed by atoms with Crippen molar-refractivity contribution in [2.45, 2.75) is 13.0 Å². The number of benzene rings is 1. The lowest BCUT2D eigenvalue weighted by molar-refractivity contribution is 0.0479. The van der Waals surface area contributed by atoms with E-state index >= 15 is 0 Å². The highest BCUT2D eigenvalue weighted by atomic mass is 35.5. The number of carbonyl (C=O) groups is 1. The van der Waals surface area contributed by atoms with Crippen molar-refractivity contribution >= 4 is 34.8 Å². The van der Waals surface area contributed by atoms with Crippen LogP contribution in [-0.2, 0) is 9.47 Å². The van der Waals surface area contributed by atoms with Gasteiger partial charge in [-0.05, 0) is 19.1 Å². The zero-order valence-electron chi connectivity index (χ0n) is 12.4. The number of rotatable bonds is 7. The van der Waals surface area contributed by atoms with Crippen LogP contribution in [0.1, 0.15) is 17.3 Å². The molecule has 21 heavy (non-hydrogen) atoms. The molecule has 0 fully saturated rings. The molecule has 0 saturated heterocycles. The average molecular weight is 335 g/mol. The van der Waals surface area contributed by atoms with Gasteiger partial charge in [-0.25, -0.2) is 0 Å². The number of nitrogens with two attached hydrogens (primary N) is 1. The molecule has 1 amide bonds. The van der Waals surface area contributed by atoms with Gasteiger partial charge in [0.05, 0.1) is 35.0 Å². The molecule has 0 saturated carbocycles. The topological polar surface area (TPSA) is 64.8 Å². The Morgan fingerprint density at radius 2 is 1.86 bits per heavy atom. The van der Waals surface area contributed by atoms with E-state index in [1.165, 1.54) is 12.1 Å². The van der Waals surface area contributed by atoms with Crippen molar-refractivity contribution in [1.82, 2.24) is 4.90 Å². The number of methoxy groups -OCH3 is 2. The van der Waals surface area contributed by atoms with E-state index in [1.54, 1.807) is 19.1 Å². The van der Waals surface area contributed by atoms with Crippen molar-refractivity contribution in [3.8, 4) is 0 Å². The number of anilines is 1. The van der Waals surface area contributed by atoms with E-state index in [-0.39, 0.29) is 27.7 Å². The Labute approximate surface area is 134 Å². The van der Waals surface area contributed by atoms with Crippen molar-refractivity contribution in [1.29, 1.82) is 0 Å². The molecular weight excluding hydrogens is 315 g/mol. The molecule has 1 atom stereocenters. The molecule has 1 aromatic rings. The van der Waals surface area contributed by atoms with Gasteiger partial charge in [-0.3, -0.25) is 4.79 Å². The lowest BCUT2D eigenvalue weighted by atomic mass is 10.1. The molecule has 0 heterocycles. The van der Waals surface area contributed by atoms with Gasteiger partial charge >= 0.3 is 0 Å². The normalized spacial score (nSPS) is 12.2. The zero-order chi connectivity index (χ0) is 16.0. The molecule has 1 rings (SSSR count). The Bertz CT molecular complexity index is 474. The predicted octanol–water partition coefficient (Wildman–Crippen LogP) is 2.70. The minimum atomic E-state index is -0.194. The fourth-order valence-corrected chi connectivity index (χ4v) is 2.40. The smallest absolute Gasteiger partial charge is 0.254 e. The standard InChI is InChI=1S/C14H20Cl2N2O3/c1-9(8-21-3)18(4-5-20-2)14(19)10-6-11(15)13(17)12(16)7-10/h6-7,9H,4-5,8,17H2,1-3H3. The molecule has 0 aliphatic heterocycles. The lowest BCUT2D eigenvalue weighted by Crippen LogP contribution is -2.43. The number of ether oxygens (including phenoxy) is 2. The van der Waals surface area contributed by atoms with Crippen molar-refractivity contribution in [3.05, 3.63) is 27.7 Å². The molecule has 2 N–H and O–H groups in total. The molecule has 118 valence electrons. The molecule has 0 spiro atoms. The van der Waals surface area contributed by atoms with Gasteiger partial charge in [-0.2, -0.15) is 0 Å². The Balaban J connectivity index is 3.04. The molecule has 1 aromatic carbocycles. The molecular formula is C14H20Cl2N2O3. The summed E-state index contributed by atoms with van der Waals surface area (Å²) in [5, 5.41) is 0.522. The number of nitrogen functional groups attached to an aromatic ring is 1. The minimum Gasteiger partial charge on any atom is -0.396 e. The molecule has 5 nitrogen and oxygen atoms in total. The Hall–Kier alpha value is -1.01. The average Bonchev–Trinajstić information content (AvgIpc) is 2.44. The first kappa shape index (κ1) is 18.0. The second-order valence-electron chi connectivity index (χ2n) is 4.65. The summed E-state index contributed by atoms with van der Waals surface area (Å²) >= 11 is 12.0. The van der Waals surface area contributed by atoms with E-state index in [1.807, 2.05) is 6.92 Å². The van der Waals surface area contributed by atoms with E-state index in [0.29, 0.717) is 25.3 Å². The van der Waals surface area contributed by atoms with Crippen LogP contribution in [0.25, 0.3) is 0 Å². The maximum absolute atomic E-state index is 12.6. The highest BCUT2D eigenvalue weighted by Gasteiger charge is 2.22. The summed E-state index contributed by atoms with van der Waals surface area (Å²) < 4.78 is 10.2. The second-order valence-corrected chi connectivity index (χ2v) is 5.46. The fourth-order valence-electron chi connectivity index (χ4n) is 1.92. The monoisotopic (exact) mass is 334 g/mol. The fraction of sp³-hybridized carbons (Fsp3) is 0.500. The van der Waals surface area contributed by atoms with Crippen LogP contribution >= 0.6 is 23.2 Å². The van der Waals surface area contributed by atoms with Crippen LogP contribution in [0.15, 0.2) is 12.1 Å². The summed E-state index contributed by atoms with van der Waals surface area (Å²) in [7, 11) is 3.17. The van der Waals surface area contributed by atoms with Crippen molar-refractivity contribution < 1.29 is 14.3 Å². The Morgan fingerprint density at radius 3 is 2.33 bits per heavy atom. The first-order valence-electron chi connectivity index (χ1n) is 6.45. The molecule has 7 heteroatoms. The largest absolute Gasteiger partial charge is 0.396 e. The van der Waals surface area contributed by atoms with Crippen LogP contribution < -0.4 is 5.73 Å². The number of halogens is 2. The van der Waals surface area contributed by atoms with Gasteiger partial charge < -0.3 is 20.1 Å². The number of carbonyl (C=O) groups excluding carboxylic acids is 1. The first-order valence-corrected chi connectivity index (χ1v) is 7.21. The van der Waals surface area contributed by atoms with E-state index in [4.69, 9.17) is 38.4 Å². The summed E-state index contributed by atoms with van der Waals surface area (Å²) in [6, 6.07) is 2.93. The Kier molecular flexibility index (Phi) is 7.25. The molecule has 0 bridgehead atoms. The van der Waals surface area contributed by atoms with Crippen LogP contribution in [0.3, 0.4) is 0 Å². The van der Waals surface area contributed by atoms with Crippen molar-refractivity contribution in [2.75, 3.05) is 39.7 Å². The Morgan fingerprint density at radius 1 is 1.29 bits per heavy atom. The summed E-state index contributed by atoms with van der Waals surface area (Å²) in [6.45, 7) is 3.19. The SMILES string of the molecule is COCCN(C(=O)c1cc(Cl)c(N)c(Cl)c1)C(C)COC.